The third-order valence-corrected chi connectivity index (χ3v) is 5.51. The van der Waals surface area contributed by atoms with Crippen molar-refractivity contribution in [1.82, 2.24) is 9.90 Å². The van der Waals surface area contributed by atoms with E-state index >= 15 is 0 Å². The molecule has 0 unspecified atom stereocenters. The lowest BCUT2D eigenvalue weighted by Gasteiger charge is -2.18. The van der Waals surface area contributed by atoms with E-state index in [1.807, 2.05) is 13.8 Å². The second-order valence-electron chi connectivity index (χ2n) is 7.56. The fraction of sp³-hybridized carbons (Fsp3) is 0.167. The molecule has 4 aromatic rings. The molecule has 0 fully saturated rings. The van der Waals surface area contributed by atoms with Crippen LogP contribution < -0.4 is 20.1 Å². The maximum atomic E-state index is 12.9. The number of hydrogen-bond acceptors (Lipinski definition) is 5. The highest BCUT2D eigenvalue weighted by atomic mass is 16.5. The van der Waals surface area contributed by atoms with Crippen LogP contribution in [-0.4, -0.2) is 41.1 Å². The first-order valence-corrected chi connectivity index (χ1v) is 10.2. The first kappa shape index (κ1) is 21.8. The van der Waals surface area contributed by atoms with Crippen LogP contribution in [-0.2, 0) is 0 Å². The van der Waals surface area contributed by atoms with Gasteiger partial charge in [-0.25, -0.2) is 4.79 Å². The average Bonchev–Trinajstić information content (AvgIpc) is 3.16. The summed E-state index contributed by atoms with van der Waals surface area (Å²) in [5, 5.41) is 21.8. The lowest BCUT2D eigenvalue weighted by molar-refractivity contribution is -0.485. The molecule has 4 rings (SSSR count). The van der Waals surface area contributed by atoms with Crippen LogP contribution in [0.15, 0.2) is 54.6 Å². The van der Waals surface area contributed by atoms with Crippen LogP contribution in [0.2, 0.25) is 0 Å². The van der Waals surface area contributed by atoms with Gasteiger partial charge in [-0.2, -0.15) is 5.10 Å². The van der Waals surface area contributed by atoms with Gasteiger partial charge in [0.25, 0.3) is 5.91 Å². The van der Waals surface area contributed by atoms with Crippen LogP contribution in [0.25, 0.3) is 10.8 Å². The lowest BCUT2D eigenvalue weighted by atomic mass is 10.0. The van der Waals surface area contributed by atoms with Crippen molar-refractivity contribution >= 4 is 34.1 Å². The van der Waals surface area contributed by atoms with E-state index < -0.39 is 11.9 Å². The number of amides is 2. The van der Waals surface area contributed by atoms with Gasteiger partial charge in [0.2, 0.25) is 5.69 Å². The van der Waals surface area contributed by atoms with Crippen molar-refractivity contribution in [3.8, 4) is 11.5 Å². The Balaban J connectivity index is 1.69. The lowest BCUT2D eigenvalue weighted by Crippen LogP contribution is -2.39. The van der Waals surface area contributed by atoms with Gasteiger partial charge < -0.3 is 15.2 Å². The topological polar surface area (TPSA) is 111 Å². The quantitative estimate of drug-likeness (QED) is 0.498. The number of aryl methyl sites for hydroxylation is 2. The fourth-order valence-corrected chi connectivity index (χ4v) is 3.56. The molecule has 0 saturated carbocycles. The van der Waals surface area contributed by atoms with Crippen LogP contribution in [0.5, 0.6) is 11.5 Å². The summed E-state index contributed by atoms with van der Waals surface area (Å²) in [6.07, 6.45) is 0. The number of aromatic nitrogens is 3. The number of carbonyl (C=O) groups is 2. The second-order valence-corrected chi connectivity index (χ2v) is 7.56. The van der Waals surface area contributed by atoms with E-state index in [0.717, 1.165) is 11.4 Å². The minimum Gasteiger partial charge on any atom is -0.506 e. The number of aromatic hydroxyl groups is 1. The number of ether oxygens (including phenoxy) is 1. The highest BCUT2D eigenvalue weighted by Crippen LogP contribution is 2.35. The first-order valence-electron chi connectivity index (χ1n) is 10.2. The van der Waals surface area contributed by atoms with Crippen molar-refractivity contribution in [3.63, 3.8) is 0 Å². The smallest absolute Gasteiger partial charge is 0.404 e. The molecule has 0 spiro atoms. The van der Waals surface area contributed by atoms with Gasteiger partial charge in [0, 0.05) is 36.5 Å². The van der Waals surface area contributed by atoms with Crippen molar-refractivity contribution in [2.45, 2.75) is 13.8 Å². The molecule has 1 aromatic heterocycles. The molecule has 0 saturated heterocycles. The van der Waals surface area contributed by atoms with Gasteiger partial charge in [0.05, 0.1) is 29.1 Å². The number of fused-ring (bicyclic) bond motifs is 1. The summed E-state index contributed by atoms with van der Waals surface area (Å²) in [5.41, 5.74) is 2.66. The van der Waals surface area contributed by atoms with Gasteiger partial charge in [-0.1, -0.05) is 30.3 Å². The highest BCUT2D eigenvalue weighted by molar-refractivity contribution is 6.12. The number of methoxy groups -OCH3 is 1. The van der Waals surface area contributed by atoms with E-state index in [2.05, 4.69) is 15.5 Å². The SMILES string of the molecule is COc1ccccc1NC(=O)c1ccc2c(N(C)C(=O)n3nc(C)c(C)[nH+]3)cccc2c1O. The molecule has 0 aliphatic heterocycles. The summed E-state index contributed by atoms with van der Waals surface area (Å²) in [4.78, 5) is 28.4. The Morgan fingerprint density at radius 3 is 2.52 bits per heavy atom. The van der Waals surface area contributed by atoms with E-state index in [1.165, 1.54) is 22.9 Å². The van der Waals surface area contributed by atoms with Gasteiger partial charge in [-0.15, -0.1) is 0 Å². The molecular formula is C24H24N5O4+. The van der Waals surface area contributed by atoms with Gasteiger partial charge in [0.1, 0.15) is 11.5 Å². The summed E-state index contributed by atoms with van der Waals surface area (Å²) in [6, 6.07) is 15.0. The number of anilines is 2. The number of rotatable bonds is 4. The number of para-hydroxylation sites is 2. The van der Waals surface area contributed by atoms with E-state index in [0.29, 0.717) is 27.9 Å². The zero-order valence-corrected chi connectivity index (χ0v) is 18.7. The van der Waals surface area contributed by atoms with Gasteiger partial charge >= 0.3 is 6.03 Å². The molecule has 9 nitrogen and oxygen atoms in total. The summed E-state index contributed by atoms with van der Waals surface area (Å²) in [7, 11) is 3.14. The molecule has 0 radical (unpaired) electrons. The Morgan fingerprint density at radius 1 is 1.06 bits per heavy atom. The third-order valence-electron chi connectivity index (χ3n) is 5.51. The van der Waals surface area contributed by atoms with Crippen molar-refractivity contribution in [2.24, 2.45) is 0 Å². The normalized spacial score (nSPS) is 10.8. The van der Waals surface area contributed by atoms with E-state index in [4.69, 9.17) is 4.74 Å². The Labute approximate surface area is 190 Å². The van der Waals surface area contributed by atoms with Crippen LogP contribution in [0.4, 0.5) is 16.2 Å². The average molecular weight is 446 g/mol. The minimum atomic E-state index is -0.481. The van der Waals surface area contributed by atoms with Gasteiger partial charge in [-0.05, 0) is 24.3 Å². The highest BCUT2D eigenvalue weighted by Gasteiger charge is 2.24. The number of benzene rings is 3. The molecule has 0 aliphatic carbocycles. The van der Waals surface area contributed by atoms with E-state index in [1.54, 1.807) is 55.6 Å². The molecular weight excluding hydrogens is 422 g/mol. The number of nitrogens with zero attached hydrogens (tertiary/aromatic N) is 3. The molecule has 1 heterocycles. The number of phenols is 1. The van der Waals surface area contributed by atoms with E-state index in [9.17, 15) is 14.7 Å². The summed E-state index contributed by atoms with van der Waals surface area (Å²) < 4.78 is 5.27. The van der Waals surface area contributed by atoms with Crippen molar-refractivity contribution in [2.75, 3.05) is 24.4 Å². The fourth-order valence-electron chi connectivity index (χ4n) is 3.56. The van der Waals surface area contributed by atoms with Gasteiger partial charge in [0.15, 0.2) is 5.69 Å². The van der Waals surface area contributed by atoms with Crippen LogP contribution in [0.1, 0.15) is 21.7 Å². The maximum Gasteiger partial charge on any atom is 0.404 e. The predicted molar refractivity (Wildman–Crippen MR) is 124 cm³/mol. The van der Waals surface area contributed by atoms with Crippen LogP contribution in [0.3, 0.4) is 0 Å². The Morgan fingerprint density at radius 2 is 1.82 bits per heavy atom. The molecule has 33 heavy (non-hydrogen) atoms. The predicted octanol–water partition coefficient (Wildman–Crippen LogP) is 3.54. The Hall–Kier alpha value is -4.40. The summed E-state index contributed by atoms with van der Waals surface area (Å²) >= 11 is 0. The van der Waals surface area contributed by atoms with Gasteiger partial charge in [-0.3, -0.25) is 9.69 Å². The number of nitrogens with one attached hydrogen (secondary N) is 2. The molecule has 168 valence electrons. The zero-order chi connectivity index (χ0) is 23.7. The third kappa shape index (κ3) is 3.96. The molecule has 2 amide bonds. The zero-order valence-electron chi connectivity index (χ0n) is 18.7. The largest absolute Gasteiger partial charge is 0.506 e. The number of hydrogen-bond donors (Lipinski definition) is 2. The molecule has 9 heteroatoms. The maximum absolute atomic E-state index is 12.9. The summed E-state index contributed by atoms with van der Waals surface area (Å²) in [6.45, 7) is 3.64. The Kier molecular flexibility index (Phi) is 5.70. The first-order chi connectivity index (χ1) is 15.8. The monoisotopic (exact) mass is 446 g/mol. The Bertz CT molecular complexity index is 1360. The number of H-pyrrole nitrogens is 1. The van der Waals surface area contributed by atoms with Crippen LogP contribution in [0, 0.1) is 13.8 Å². The van der Waals surface area contributed by atoms with Crippen LogP contribution >= 0.6 is 0 Å². The standard InChI is InChI=1S/C24H23N5O4/c1-14-15(2)27-29(26-14)24(32)28(3)20-10-7-8-17-16(20)12-13-18(22(17)30)23(31)25-19-9-5-6-11-21(19)33-4/h5-13,30H,1-4H3,(H,25,31)/p+1. The number of aromatic amines is 1. The molecule has 3 aromatic carbocycles. The number of carbonyl (C=O) groups excluding carboxylic acids is 2. The second kappa shape index (κ2) is 8.62. The van der Waals surface area contributed by atoms with E-state index in [-0.39, 0.29) is 11.3 Å². The molecule has 0 atom stereocenters. The number of phenolic OH excluding ortho intramolecular Hbond substituents is 1. The molecule has 3 N–H and O–H groups in total. The minimum absolute atomic E-state index is 0.103. The van der Waals surface area contributed by atoms with Crippen molar-refractivity contribution in [3.05, 3.63) is 71.5 Å². The summed E-state index contributed by atoms with van der Waals surface area (Å²) in [5.74, 6) is -0.153. The molecule has 0 bridgehead atoms. The molecule has 0 aliphatic rings. The van der Waals surface area contributed by atoms with Crippen molar-refractivity contribution in [1.29, 1.82) is 0 Å². The van der Waals surface area contributed by atoms with Crippen molar-refractivity contribution < 1.29 is 24.5 Å².